The molecule has 1 aliphatic carbocycles. The first-order valence-electron chi connectivity index (χ1n) is 7.06. The average molecular weight is 264 g/mol. The van der Waals surface area contributed by atoms with Crippen molar-refractivity contribution in [2.45, 2.75) is 58.2 Å². The first-order valence-corrected chi connectivity index (χ1v) is 7.06. The molecule has 0 aromatic carbocycles. The molecule has 0 saturated heterocycles. The number of hydrogen-bond donors (Lipinski definition) is 2. The smallest absolute Gasteiger partial charge is 0.240 e. The van der Waals surface area contributed by atoms with Crippen LogP contribution in [0.1, 0.15) is 51.7 Å². The second kappa shape index (κ2) is 5.37. The van der Waals surface area contributed by atoms with Crippen LogP contribution in [0.4, 0.5) is 0 Å². The summed E-state index contributed by atoms with van der Waals surface area (Å²) in [7, 11) is 0. The van der Waals surface area contributed by atoms with E-state index in [0.717, 1.165) is 24.8 Å². The van der Waals surface area contributed by atoms with E-state index < -0.39 is 0 Å². The maximum absolute atomic E-state index is 11.9. The lowest BCUT2D eigenvalue weighted by Gasteiger charge is -2.24. The molecule has 0 spiro atoms. The molecule has 106 valence electrons. The first kappa shape index (κ1) is 14.1. The van der Waals surface area contributed by atoms with Gasteiger partial charge in [0.25, 0.3) is 0 Å². The van der Waals surface area contributed by atoms with E-state index in [2.05, 4.69) is 12.2 Å². The molecule has 2 rings (SSSR count). The minimum Gasteiger partial charge on any atom is -0.388 e. The van der Waals surface area contributed by atoms with Crippen LogP contribution in [-0.4, -0.2) is 21.1 Å². The molecular formula is C15H24N2O2. The predicted molar refractivity (Wildman–Crippen MR) is 74.6 cm³/mol. The standard InChI is InChI=1S/C15H24N2O2/c1-4-15(2,3)16-13(18)10-17-8-7-12(9-17)14(19)11-5-6-11/h7-9,11,14,19H,4-6,10H2,1-3H3,(H,16,18). The van der Waals surface area contributed by atoms with Crippen molar-refractivity contribution in [1.82, 2.24) is 9.88 Å². The van der Waals surface area contributed by atoms with E-state index in [1.165, 1.54) is 0 Å². The van der Waals surface area contributed by atoms with Gasteiger partial charge in [0.15, 0.2) is 0 Å². The maximum Gasteiger partial charge on any atom is 0.240 e. The number of aliphatic hydroxyl groups is 1. The second-order valence-corrected chi connectivity index (χ2v) is 6.19. The molecule has 1 aromatic rings. The van der Waals surface area contributed by atoms with Gasteiger partial charge in [0.1, 0.15) is 6.54 Å². The molecule has 0 bridgehead atoms. The summed E-state index contributed by atoms with van der Waals surface area (Å²) in [4.78, 5) is 11.9. The van der Waals surface area contributed by atoms with Crippen molar-refractivity contribution in [3.8, 4) is 0 Å². The number of aliphatic hydroxyl groups excluding tert-OH is 1. The zero-order valence-electron chi connectivity index (χ0n) is 12.0. The quantitative estimate of drug-likeness (QED) is 0.828. The Bertz CT molecular complexity index is 447. The summed E-state index contributed by atoms with van der Waals surface area (Å²) in [5.74, 6) is 0.429. The van der Waals surface area contributed by atoms with E-state index in [1.54, 1.807) is 0 Å². The van der Waals surface area contributed by atoms with E-state index >= 15 is 0 Å². The summed E-state index contributed by atoms with van der Waals surface area (Å²) in [6.07, 6.45) is 6.49. The van der Waals surface area contributed by atoms with Crippen molar-refractivity contribution in [3.05, 3.63) is 24.0 Å². The number of hydrogen-bond acceptors (Lipinski definition) is 2. The number of amides is 1. The Balaban J connectivity index is 1.90. The van der Waals surface area contributed by atoms with Gasteiger partial charge in [-0.25, -0.2) is 0 Å². The van der Waals surface area contributed by atoms with Gasteiger partial charge in [-0.3, -0.25) is 4.79 Å². The molecule has 1 aromatic heterocycles. The third-order valence-corrected chi connectivity index (χ3v) is 3.87. The Labute approximate surface area is 114 Å². The summed E-state index contributed by atoms with van der Waals surface area (Å²) < 4.78 is 1.84. The summed E-state index contributed by atoms with van der Waals surface area (Å²) >= 11 is 0. The average Bonchev–Trinajstić information content (AvgIpc) is 3.09. The van der Waals surface area contributed by atoms with Crippen LogP contribution in [-0.2, 0) is 11.3 Å². The van der Waals surface area contributed by atoms with Crippen molar-refractivity contribution < 1.29 is 9.90 Å². The topological polar surface area (TPSA) is 54.3 Å². The number of nitrogens with one attached hydrogen (secondary N) is 1. The molecule has 0 aliphatic heterocycles. The van der Waals surface area contributed by atoms with Crippen LogP contribution >= 0.6 is 0 Å². The number of aromatic nitrogens is 1. The van der Waals surface area contributed by atoms with E-state index in [4.69, 9.17) is 0 Å². The van der Waals surface area contributed by atoms with E-state index in [0.29, 0.717) is 12.5 Å². The fourth-order valence-corrected chi connectivity index (χ4v) is 2.09. The Morgan fingerprint density at radius 1 is 1.58 bits per heavy atom. The summed E-state index contributed by atoms with van der Waals surface area (Å²) in [6, 6.07) is 1.90. The lowest BCUT2D eigenvalue weighted by Crippen LogP contribution is -2.44. The molecule has 1 aliphatic rings. The highest BCUT2D eigenvalue weighted by Gasteiger charge is 2.31. The van der Waals surface area contributed by atoms with Gasteiger partial charge in [-0.05, 0) is 50.7 Å². The van der Waals surface area contributed by atoms with E-state index in [1.807, 2.05) is 36.9 Å². The Morgan fingerprint density at radius 3 is 2.84 bits per heavy atom. The minimum absolute atomic E-state index is 0.00918. The summed E-state index contributed by atoms with van der Waals surface area (Å²) in [5, 5.41) is 13.0. The van der Waals surface area contributed by atoms with Gasteiger partial charge in [-0.2, -0.15) is 0 Å². The minimum atomic E-state index is -0.364. The van der Waals surface area contributed by atoms with Crippen LogP contribution < -0.4 is 5.32 Å². The fourth-order valence-electron chi connectivity index (χ4n) is 2.09. The van der Waals surface area contributed by atoms with Crippen molar-refractivity contribution in [1.29, 1.82) is 0 Å². The highest BCUT2D eigenvalue weighted by atomic mass is 16.3. The first-order chi connectivity index (χ1) is 8.91. The molecule has 4 nitrogen and oxygen atoms in total. The molecule has 1 unspecified atom stereocenters. The van der Waals surface area contributed by atoms with Gasteiger partial charge in [0, 0.05) is 17.9 Å². The van der Waals surface area contributed by atoms with Crippen LogP contribution in [0.3, 0.4) is 0 Å². The molecule has 1 heterocycles. The van der Waals surface area contributed by atoms with E-state index in [-0.39, 0.29) is 17.6 Å². The zero-order valence-corrected chi connectivity index (χ0v) is 12.0. The van der Waals surface area contributed by atoms with Gasteiger partial charge >= 0.3 is 0 Å². The number of rotatable bonds is 6. The largest absolute Gasteiger partial charge is 0.388 e. The van der Waals surface area contributed by atoms with Gasteiger partial charge in [0.05, 0.1) is 6.10 Å². The van der Waals surface area contributed by atoms with Crippen LogP contribution in [0.5, 0.6) is 0 Å². The van der Waals surface area contributed by atoms with Gasteiger partial charge < -0.3 is 15.0 Å². The van der Waals surface area contributed by atoms with Crippen molar-refractivity contribution in [3.63, 3.8) is 0 Å². The second-order valence-electron chi connectivity index (χ2n) is 6.19. The van der Waals surface area contributed by atoms with Crippen molar-refractivity contribution >= 4 is 5.91 Å². The lowest BCUT2D eigenvalue weighted by molar-refractivity contribution is -0.123. The molecular weight excluding hydrogens is 240 g/mol. The van der Waals surface area contributed by atoms with Crippen LogP contribution in [0.15, 0.2) is 18.5 Å². The van der Waals surface area contributed by atoms with Gasteiger partial charge in [0.2, 0.25) is 5.91 Å². The number of nitrogens with zero attached hydrogens (tertiary/aromatic N) is 1. The lowest BCUT2D eigenvalue weighted by atomic mass is 10.0. The van der Waals surface area contributed by atoms with Crippen LogP contribution in [0.25, 0.3) is 0 Å². The Morgan fingerprint density at radius 2 is 2.26 bits per heavy atom. The summed E-state index contributed by atoms with van der Waals surface area (Å²) in [6.45, 7) is 6.40. The third kappa shape index (κ3) is 3.83. The van der Waals surface area contributed by atoms with Crippen LogP contribution in [0.2, 0.25) is 0 Å². The van der Waals surface area contributed by atoms with Crippen molar-refractivity contribution in [2.24, 2.45) is 5.92 Å². The Kier molecular flexibility index (Phi) is 3.99. The SMILES string of the molecule is CCC(C)(C)NC(=O)Cn1ccc(C(O)C2CC2)c1. The highest BCUT2D eigenvalue weighted by molar-refractivity contribution is 5.76. The highest BCUT2D eigenvalue weighted by Crippen LogP contribution is 2.40. The van der Waals surface area contributed by atoms with E-state index in [9.17, 15) is 9.90 Å². The normalized spacial score (nSPS) is 17.3. The third-order valence-electron chi connectivity index (χ3n) is 3.87. The summed E-state index contributed by atoms with van der Waals surface area (Å²) in [5.41, 5.74) is 0.755. The number of carbonyl (C=O) groups excluding carboxylic acids is 1. The molecule has 2 N–H and O–H groups in total. The molecule has 1 atom stereocenters. The molecule has 4 heteroatoms. The maximum atomic E-state index is 11.9. The molecule has 1 amide bonds. The van der Waals surface area contributed by atoms with Crippen molar-refractivity contribution in [2.75, 3.05) is 0 Å². The molecule has 1 saturated carbocycles. The molecule has 19 heavy (non-hydrogen) atoms. The fraction of sp³-hybridized carbons (Fsp3) is 0.667. The molecule has 0 radical (unpaired) electrons. The van der Waals surface area contributed by atoms with Gasteiger partial charge in [-0.1, -0.05) is 6.92 Å². The van der Waals surface area contributed by atoms with Gasteiger partial charge in [-0.15, -0.1) is 0 Å². The zero-order chi connectivity index (χ0) is 14.0. The monoisotopic (exact) mass is 264 g/mol. The number of carbonyl (C=O) groups is 1. The Hall–Kier alpha value is -1.29. The molecule has 1 fully saturated rings. The predicted octanol–water partition coefficient (Wildman–Crippen LogP) is 2.24. The van der Waals surface area contributed by atoms with Crippen LogP contribution in [0, 0.1) is 5.92 Å².